The third-order valence-electron chi connectivity index (χ3n) is 5.47. The smallest absolute Gasteiger partial charge is 0.416 e. The second kappa shape index (κ2) is 11.7. The summed E-state index contributed by atoms with van der Waals surface area (Å²) in [5, 5.41) is 8.88. The molecule has 0 spiro atoms. The number of carboxylic acid groups (broad SMARTS) is 1. The molecule has 0 bridgehead atoms. The van der Waals surface area contributed by atoms with Crippen LogP contribution in [0.1, 0.15) is 43.4 Å². The molecule has 0 saturated carbocycles. The summed E-state index contributed by atoms with van der Waals surface area (Å²) in [6, 6.07) is 10.5. The normalized spacial score (nSPS) is 11.3. The van der Waals surface area contributed by atoms with Crippen LogP contribution in [0.2, 0.25) is 0 Å². The van der Waals surface area contributed by atoms with E-state index in [1.54, 1.807) is 12.3 Å². The average Bonchev–Trinajstić information content (AvgIpc) is 2.85. The van der Waals surface area contributed by atoms with E-state index in [0.29, 0.717) is 35.8 Å². The number of unbranched alkanes of at least 4 members (excludes halogenated alkanes) is 1. The van der Waals surface area contributed by atoms with Gasteiger partial charge in [-0.2, -0.15) is 13.2 Å². The minimum absolute atomic E-state index is 0.401. The summed E-state index contributed by atoms with van der Waals surface area (Å²) >= 11 is 0. The number of alkyl halides is 3. The van der Waals surface area contributed by atoms with Crippen LogP contribution < -0.4 is 9.64 Å². The summed E-state index contributed by atoms with van der Waals surface area (Å²) in [4.78, 5) is 21.9. The highest BCUT2D eigenvalue weighted by Gasteiger charge is 2.30. The molecule has 9 heteroatoms. The van der Waals surface area contributed by atoms with Crippen LogP contribution in [0, 0.1) is 0 Å². The van der Waals surface area contributed by atoms with Crippen molar-refractivity contribution in [2.45, 2.75) is 45.8 Å². The van der Waals surface area contributed by atoms with Gasteiger partial charge in [-0.05, 0) is 42.2 Å². The summed E-state index contributed by atoms with van der Waals surface area (Å²) < 4.78 is 44.1. The first-order valence-corrected chi connectivity index (χ1v) is 11.4. The highest BCUT2D eigenvalue weighted by atomic mass is 19.4. The number of carboxylic acids is 1. The van der Waals surface area contributed by atoms with Crippen LogP contribution in [-0.4, -0.2) is 34.2 Å². The van der Waals surface area contributed by atoms with Gasteiger partial charge in [0, 0.05) is 18.7 Å². The van der Waals surface area contributed by atoms with Crippen molar-refractivity contribution in [2.75, 3.05) is 18.1 Å². The fourth-order valence-corrected chi connectivity index (χ4v) is 3.61. The minimum atomic E-state index is -4.39. The number of halogens is 3. The molecule has 2 aromatic carbocycles. The van der Waals surface area contributed by atoms with Gasteiger partial charge in [-0.3, -0.25) is 4.98 Å². The maximum absolute atomic E-state index is 12.9. The van der Waals surface area contributed by atoms with Gasteiger partial charge < -0.3 is 14.7 Å². The second-order valence-electron chi connectivity index (χ2n) is 8.09. The number of ether oxygens (including phenoxy) is 1. The molecule has 0 aliphatic carbocycles. The Kier molecular flexibility index (Phi) is 8.68. The Morgan fingerprint density at radius 2 is 1.83 bits per heavy atom. The van der Waals surface area contributed by atoms with Gasteiger partial charge in [-0.1, -0.05) is 44.5 Å². The van der Waals surface area contributed by atoms with E-state index in [4.69, 9.17) is 9.84 Å². The maximum atomic E-state index is 12.9. The fraction of sp³-hybridized carbons (Fsp3) is 0.346. The first-order valence-electron chi connectivity index (χ1n) is 11.4. The van der Waals surface area contributed by atoms with Crippen molar-refractivity contribution >= 4 is 11.8 Å². The summed E-state index contributed by atoms with van der Waals surface area (Å²) in [5.41, 5.74) is 2.24. The number of anilines is 1. The zero-order valence-electron chi connectivity index (χ0n) is 19.7. The lowest BCUT2D eigenvalue weighted by atomic mass is 10.1. The standard InChI is InChI=1S/C26H28F3N3O3/c1-3-5-12-32(16-18-6-11-23(19(4-2)13-18)35-17-25(33)34)24-15-30-14-22(31-24)20-7-9-21(10-8-20)26(27,28)29/h6-11,13-15H,3-5,12,16-17H2,1-2H3,(H,33,34). The number of aromatic nitrogens is 2. The number of hydrogen-bond donors (Lipinski definition) is 1. The van der Waals surface area contributed by atoms with Crippen molar-refractivity contribution < 1.29 is 27.8 Å². The van der Waals surface area contributed by atoms with Crippen LogP contribution in [0.3, 0.4) is 0 Å². The molecule has 0 amide bonds. The topological polar surface area (TPSA) is 75.5 Å². The SMILES string of the molecule is CCCCN(Cc1ccc(OCC(=O)O)c(CC)c1)c1cncc(-c2ccc(C(F)(F)F)cc2)n1. The second-order valence-corrected chi connectivity index (χ2v) is 8.09. The molecular formula is C26H28F3N3O3. The van der Waals surface area contributed by atoms with Crippen molar-refractivity contribution in [1.82, 2.24) is 9.97 Å². The number of hydrogen-bond acceptors (Lipinski definition) is 5. The van der Waals surface area contributed by atoms with E-state index in [2.05, 4.69) is 21.8 Å². The van der Waals surface area contributed by atoms with Crippen LogP contribution in [0.25, 0.3) is 11.3 Å². The van der Waals surface area contributed by atoms with Crippen LogP contribution in [0.15, 0.2) is 54.9 Å². The quantitative estimate of drug-likeness (QED) is 0.358. The molecule has 6 nitrogen and oxygen atoms in total. The van der Waals surface area contributed by atoms with Gasteiger partial charge in [0.15, 0.2) is 6.61 Å². The molecular weight excluding hydrogens is 459 g/mol. The number of aryl methyl sites for hydroxylation is 1. The van der Waals surface area contributed by atoms with Crippen LogP contribution in [-0.2, 0) is 23.9 Å². The summed E-state index contributed by atoms with van der Waals surface area (Å²) in [6.45, 7) is 4.92. The molecule has 0 aliphatic heterocycles. The predicted octanol–water partition coefficient (Wildman–Crippen LogP) is 5.99. The Hall–Kier alpha value is -3.62. The summed E-state index contributed by atoms with van der Waals surface area (Å²) in [7, 11) is 0. The van der Waals surface area contributed by atoms with Crippen molar-refractivity contribution in [3.8, 4) is 17.0 Å². The highest BCUT2D eigenvalue weighted by molar-refractivity contribution is 5.68. The lowest BCUT2D eigenvalue weighted by Gasteiger charge is -2.24. The molecule has 3 aromatic rings. The minimum Gasteiger partial charge on any atom is -0.482 e. The fourth-order valence-electron chi connectivity index (χ4n) is 3.61. The van der Waals surface area contributed by atoms with Gasteiger partial charge in [-0.25, -0.2) is 9.78 Å². The van der Waals surface area contributed by atoms with Crippen LogP contribution >= 0.6 is 0 Å². The Morgan fingerprint density at radius 3 is 2.46 bits per heavy atom. The molecule has 0 aliphatic rings. The van der Waals surface area contributed by atoms with E-state index in [1.807, 2.05) is 19.1 Å². The van der Waals surface area contributed by atoms with E-state index < -0.39 is 24.3 Å². The first-order chi connectivity index (χ1) is 16.7. The third-order valence-corrected chi connectivity index (χ3v) is 5.47. The molecule has 1 aromatic heterocycles. The molecule has 3 rings (SSSR count). The molecule has 0 fully saturated rings. The number of benzene rings is 2. The van der Waals surface area contributed by atoms with Gasteiger partial charge in [0.2, 0.25) is 0 Å². The van der Waals surface area contributed by atoms with E-state index in [9.17, 15) is 18.0 Å². The monoisotopic (exact) mass is 487 g/mol. The lowest BCUT2D eigenvalue weighted by molar-refractivity contribution is -0.139. The van der Waals surface area contributed by atoms with Crippen molar-refractivity contribution in [2.24, 2.45) is 0 Å². The number of aliphatic carboxylic acids is 1. The van der Waals surface area contributed by atoms with Crippen LogP contribution in [0.4, 0.5) is 19.0 Å². The highest BCUT2D eigenvalue weighted by Crippen LogP contribution is 2.31. The van der Waals surface area contributed by atoms with Gasteiger partial charge >= 0.3 is 12.1 Å². The van der Waals surface area contributed by atoms with Crippen molar-refractivity contribution in [1.29, 1.82) is 0 Å². The van der Waals surface area contributed by atoms with Gasteiger partial charge in [0.25, 0.3) is 0 Å². The van der Waals surface area contributed by atoms with Gasteiger partial charge in [0.1, 0.15) is 11.6 Å². The largest absolute Gasteiger partial charge is 0.482 e. The van der Waals surface area contributed by atoms with E-state index in [0.717, 1.165) is 42.6 Å². The molecule has 35 heavy (non-hydrogen) atoms. The molecule has 1 heterocycles. The molecule has 0 radical (unpaired) electrons. The Morgan fingerprint density at radius 1 is 1.09 bits per heavy atom. The predicted molar refractivity (Wildman–Crippen MR) is 127 cm³/mol. The molecule has 0 atom stereocenters. The van der Waals surface area contributed by atoms with Crippen molar-refractivity contribution in [3.05, 3.63) is 71.5 Å². The Labute approximate surface area is 202 Å². The van der Waals surface area contributed by atoms with Crippen molar-refractivity contribution in [3.63, 3.8) is 0 Å². The first kappa shape index (κ1) is 26.0. The zero-order chi connectivity index (χ0) is 25.4. The van der Waals surface area contributed by atoms with E-state index >= 15 is 0 Å². The Balaban J connectivity index is 1.85. The summed E-state index contributed by atoms with van der Waals surface area (Å²) in [6.07, 6.45) is 1.37. The molecule has 1 N–H and O–H groups in total. The summed E-state index contributed by atoms with van der Waals surface area (Å²) in [5.74, 6) is 0.135. The molecule has 186 valence electrons. The zero-order valence-corrected chi connectivity index (χ0v) is 19.7. The number of rotatable bonds is 11. The molecule has 0 unspecified atom stereocenters. The number of nitrogens with zero attached hydrogens (tertiary/aromatic N) is 3. The lowest BCUT2D eigenvalue weighted by Crippen LogP contribution is -2.25. The molecule has 0 saturated heterocycles. The van der Waals surface area contributed by atoms with Crippen LogP contribution in [0.5, 0.6) is 5.75 Å². The third kappa shape index (κ3) is 7.18. The van der Waals surface area contributed by atoms with Gasteiger partial charge in [0.05, 0.1) is 23.7 Å². The van der Waals surface area contributed by atoms with E-state index in [-0.39, 0.29) is 0 Å². The number of carbonyl (C=O) groups is 1. The Bertz CT molecular complexity index is 1130. The maximum Gasteiger partial charge on any atom is 0.416 e. The van der Waals surface area contributed by atoms with Gasteiger partial charge in [-0.15, -0.1) is 0 Å². The average molecular weight is 488 g/mol. The van der Waals surface area contributed by atoms with E-state index in [1.165, 1.54) is 18.3 Å².